The molecule has 11 nitrogen and oxygen atoms in total. The van der Waals surface area contributed by atoms with Gasteiger partial charge in [0.2, 0.25) is 0 Å². The van der Waals surface area contributed by atoms with Crippen LogP contribution in [0.2, 0.25) is 0 Å². The molecule has 0 aliphatic heterocycles. The first kappa shape index (κ1) is 29.0. The highest BCUT2D eigenvalue weighted by atomic mass is 31.2. The van der Waals surface area contributed by atoms with E-state index in [1.807, 2.05) is 0 Å². The Morgan fingerprint density at radius 1 is 1.09 bits per heavy atom. The summed E-state index contributed by atoms with van der Waals surface area (Å²) in [6.07, 6.45) is 13.3. The molecule has 2 aromatic heterocycles. The molecule has 0 aliphatic carbocycles. The minimum atomic E-state index is -4.16. The second-order valence-electron chi connectivity index (χ2n) is 8.07. The van der Waals surface area contributed by atoms with Gasteiger partial charge in [0.15, 0.2) is 11.5 Å². The van der Waals surface area contributed by atoms with E-state index in [9.17, 15) is 9.36 Å². The lowest BCUT2D eigenvalue weighted by atomic mass is 10.1. The van der Waals surface area contributed by atoms with E-state index in [-0.39, 0.29) is 5.82 Å². The van der Waals surface area contributed by atoms with Crippen molar-refractivity contribution in [1.29, 1.82) is 0 Å². The highest BCUT2D eigenvalue weighted by Crippen LogP contribution is 2.34. The third kappa shape index (κ3) is 13.3. The predicted molar refractivity (Wildman–Crippen MR) is 127 cm³/mol. The first-order valence-electron chi connectivity index (χ1n) is 11.4. The molecule has 1 atom stereocenters. The Labute approximate surface area is 194 Å². The second kappa shape index (κ2) is 15.7. The zero-order valence-electron chi connectivity index (χ0n) is 19.6. The maximum absolute atomic E-state index is 10.7. The van der Waals surface area contributed by atoms with Gasteiger partial charge in [0.05, 0.1) is 19.0 Å². The van der Waals surface area contributed by atoms with Crippen LogP contribution in [0.15, 0.2) is 12.7 Å². The van der Waals surface area contributed by atoms with Crippen LogP contribution in [-0.2, 0) is 20.6 Å². The summed E-state index contributed by atoms with van der Waals surface area (Å²) in [6, 6.07) is 0. The van der Waals surface area contributed by atoms with Crippen molar-refractivity contribution in [3.63, 3.8) is 0 Å². The Morgan fingerprint density at radius 2 is 1.70 bits per heavy atom. The van der Waals surface area contributed by atoms with Crippen LogP contribution in [0.25, 0.3) is 11.2 Å². The van der Waals surface area contributed by atoms with Crippen LogP contribution < -0.4 is 5.73 Å². The SMILES string of the molecule is CCCCCCCCCCCC(=O)O.C[C@H](Cn1cnc2c(N)ncnc21)OCP(=O)(O)O. The quantitative estimate of drug-likeness (QED) is 0.213. The molecular weight excluding hydrogens is 449 g/mol. The zero-order chi connectivity index (χ0) is 24.7. The standard InChI is InChI=1S/C12H24O2.C9H14N5O4P/c1-2-3-4-5-6-7-8-9-10-11-12(13)14;1-6(18-5-19(15,16)17)2-14-4-13-7-8(10)11-3-12-9(7)14/h2-11H2,1H3,(H,13,14);3-4,6H,2,5H2,1H3,(H2,10,11,12)(H2,15,16,17)/t;6-/m.1/s1. The minimum absolute atomic E-state index is 0.285. The molecule has 0 aliphatic rings. The molecule has 12 heteroatoms. The molecule has 0 fully saturated rings. The number of fused-ring (bicyclic) bond motifs is 1. The fourth-order valence-corrected chi connectivity index (χ4v) is 3.62. The van der Waals surface area contributed by atoms with Crippen molar-refractivity contribution in [2.45, 2.75) is 90.7 Å². The number of hydrogen-bond acceptors (Lipinski definition) is 7. The number of anilines is 1. The topological polar surface area (TPSA) is 174 Å². The van der Waals surface area contributed by atoms with E-state index in [4.69, 9.17) is 25.4 Å². The Morgan fingerprint density at radius 3 is 2.27 bits per heavy atom. The van der Waals surface area contributed by atoms with Crippen LogP contribution in [0.3, 0.4) is 0 Å². The van der Waals surface area contributed by atoms with Gasteiger partial charge in [-0.15, -0.1) is 0 Å². The number of nitrogen functional groups attached to an aromatic ring is 1. The number of carboxylic acid groups (broad SMARTS) is 1. The molecule has 2 aromatic rings. The lowest BCUT2D eigenvalue weighted by Crippen LogP contribution is -2.17. The van der Waals surface area contributed by atoms with Crippen molar-refractivity contribution >= 4 is 30.5 Å². The Kier molecular flexibility index (Phi) is 13.8. The molecule has 0 unspecified atom stereocenters. The summed E-state index contributed by atoms with van der Waals surface area (Å²) in [5, 5.41) is 8.41. The van der Waals surface area contributed by atoms with E-state index in [0.29, 0.717) is 24.1 Å². The van der Waals surface area contributed by atoms with Crippen molar-refractivity contribution in [1.82, 2.24) is 19.5 Å². The number of aromatic nitrogens is 4. The van der Waals surface area contributed by atoms with Crippen molar-refractivity contribution in [3.05, 3.63) is 12.7 Å². The number of carbonyl (C=O) groups is 1. The summed E-state index contributed by atoms with van der Waals surface area (Å²) in [6.45, 7) is 4.28. The number of unbranched alkanes of at least 4 members (excludes halogenated alkanes) is 8. The normalized spacial score (nSPS) is 12.4. The number of nitrogens with zero attached hydrogens (tertiary/aromatic N) is 4. The number of carboxylic acids is 1. The van der Waals surface area contributed by atoms with Crippen LogP contribution in [0.4, 0.5) is 5.82 Å². The van der Waals surface area contributed by atoms with E-state index in [1.165, 1.54) is 57.6 Å². The molecule has 0 aromatic carbocycles. The van der Waals surface area contributed by atoms with Crippen LogP contribution in [0.5, 0.6) is 0 Å². The number of hydrogen-bond donors (Lipinski definition) is 4. The molecule has 33 heavy (non-hydrogen) atoms. The highest BCUT2D eigenvalue weighted by molar-refractivity contribution is 7.51. The van der Waals surface area contributed by atoms with Crippen LogP contribution in [0.1, 0.15) is 78.1 Å². The Hall–Kier alpha value is -2.07. The van der Waals surface area contributed by atoms with E-state index in [2.05, 4.69) is 21.9 Å². The first-order valence-corrected chi connectivity index (χ1v) is 13.2. The van der Waals surface area contributed by atoms with Crippen LogP contribution in [0, 0.1) is 0 Å². The van der Waals surface area contributed by atoms with Gasteiger partial charge in [-0.3, -0.25) is 9.36 Å². The molecule has 0 spiro atoms. The van der Waals surface area contributed by atoms with Crippen molar-refractivity contribution in [2.24, 2.45) is 0 Å². The van der Waals surface area contributed by atoms with E-state index >= 15 is 0 Å². The molecule has 0 saturated carbocycles. The van der Waals surface area contributed by atoms with Gasteiger partial charge >= 0.3 is 13.6 Å². The van der Waals surface area contributed by atoms with Crippen molar-refractivity contribution < 1.29 is 29.0 Å². The molecule has 0 saturated heterocycles. The summed E-state index contributed by atoms with van der Waals surface area (Å²) in [7, 11) is -4.16. The van der Waals surface area contributed by atoms with Crippen molar-refractivity contribution in [3.8, 4) is 0 Å². The summed E-state index contributed by atoms with van der Waals surface area (Å²) in [5.41, 5.74) is 6.70. The maximum atomic E-state index is 10.7. The molecule has 188 valence electrons. The average molecular weight is 488 g/mol. The summed E-state index contributed by atoms with van der Waals surface area (Å²) < 4.78 is 17.5. The number of imidazole rings is 1. The fourth-order valence-electron chi connectivity index (χ4n) is 3.17. The lowest BCUT2D eigenvalue weighted by Gasteiger charge is -2.14. The molecule has 5 N–H and O–H groups in total. The van der Waals surface area contributed by atoms with Gasteiger partial charge in [0.25, 0.3) is 0 Å². The third-order valence-corrected chi connectivity index (χ3v) is 5.39. The first-order chi connectivity index (χ1) is 15.6. The number of nitrogens with two attached hydrogens (primary N) is 1. The molecule has 2 heterocycles. The zero-order valence-corrected chi connectivity index (χ0v) is 20.5. The number of ether oxygens (including phenoxy) is 1. The number of rotatable bonds is 15. The molecule has 0 amide bonds. The Bertz CT molecular complexity index is 872. The van der Waals surface area contributed by atoms with Crippen molar-refractivity contribution in [2.75, 3.05) is 12.1 Å². The largest absolute Gasteiger partial charge is 0.481 e. The number of aliphatic carboxylic acids is 1. The molecule has 0 bridgehead atoms. The molecular formula is C21H38N5O6P. The minimum Gasteiger partial charge on any atom is -0.481 e. The lowest BCUT2D eigenvalue weighted by molar-refractivity contribution is -0.137. The van der Waals surface area contributed by atoms with E-state index < -0.39 is 26.0 Å². The monoisotopic (exact) mass is 487 g/mol. The summed E-state index contributed by atoms with van der Waals surface area (Å²) >= 11 is 0. The van der Waals surface area contributed by atoms with Gasteiger partial charge in [-0.1, -0.05) is 58.3 Å². The van der Waals surface area contributed by atoms with Gasteiger partial charge in [-0.05, 0) is 13.3 Å². The Balaban J connectivity index is 0.000000349. The van der Waals surface area contributed by atoms with E-state index in [1.54, 1.807) is 11.5 Å². The van der Waals surface area contributed by atoms with Gasteiger partial charge in [-0.25, -0.2) is 15.0 Å². The van der Waals surface area contributed by atoms with Gasteiger partial charge in [0.1, 0.15) is 18.2 Å². The fraction of sp³-hybridized carbons (Fsp3) is 0.714. The highest BCUT2D eigenvalue weighted by Gasteiger charge is 2.17. The summed E-state index contributed by atoms with van der Waals surface area (Å²) in [5.74, 6) is -0.375. The molecule has 2 rings (SSSR count). The average Bonchev–Trinajstić information content (AvgIpc) is 3.15. The maximum Gasteiger partial charge on any atom is 0.350 e. The van der Waals surface area contributed by atoms with Gasteiger partial charge < -0.3 is 29.9 Å². The predicted octanol–water partition coefficient (Wildman–Crippen LogP) is 3.94. The molecule has 0 radical (unpaired) electrons. The smallest absolute Gasteiger partial charge is 0.350 e. The van der Waals surface area contributed by atoms with E-state index in [0.717, 1.165) is 12.8 Å². The summed E-state index contributed by atoms with van der Waals surface area (Å²) in [4.78, 5) is 39.6. The van der Waals surface area contributed by atoms with Gasteiger partial charge in [-0.2, -0.15) is 0 Å². The third-order valence-electron chi connectivity index (χ3n) is 4.90. The van der Waals surface area contributed by atoms with Crippen LogP contribution >= 0.6 is 7.60 Å². The van der Waals surface area contributed by atoms with Crippen LogP contribution in [-0.4, -0.2) is 52.8 Å². The second-order valence-corrected chi connectivity index (χ2v) is 9.66. The van der Waals surface area contributed by atoms with Gasteiger partial charge in [0, 0.05) is 6.42 Å².